The Morgan fingerprint density at radius 2 is 1.81 bits per heavy atom. The van der Waals surface area contributed by atoms with E-state index < -0.39 is 4.92 Å². The van der Waals surface area contributed by atoms with Crippen LogP contribution < -0.4 is 4.74 Å². The number of hydrogen-bond acceptors (Lipinski definition) is 6. The molecule has 2 aromatic carbocycles. The van der Waals surface area contributed by atoms with Crippen LogP contribution in [0.4, 0.5) is 5.69 Å². The number of rotatable bonds is 6. The molecule has 1 saturated heterocycles. The summed E-state index contributed by atoms with van der Waals surface area (Å²) in [5.41, 5.74) is 2.21. The van der Waals surface area contributed by atoms with Crippen molar-refractivity contribution in [1.82, 2.24) is 19.6 Å². The second-order valence-corrected chi connectivity index (χ2v) is 7.56. The minimum Gasteiger partial charge on any atom is -0.497 e. The molecule has 2 heterocycles. The largest absolute Gasteiger partial charge is 0.497 e. The molecular formula is C23H25N5O4. The molecule has 9 nitrogen and oxygen atoms in total. The summed E-state index contributed by atoms with van der Waals surface area (Å²) in [5, 5.41) is 15.9. The highest BCUT2D eigenvalue weighted by molar-refractivity contribution is 5.94. The summed E-state index contributed by atoms with van der Waals surface area (Å²) < 4.78 is 6.72. The van der Waals surface area contributed by atoms with Gasteiger partial charge in [0, 0.05) is 43.9 Å². The SMILES string of the molecule is CCN1CCN(C(=O)c2cc(-c3ccc(OC)cc3)nn2-c2cccc([N+](=O)[O-])c2)CC1. The van der Waals surface area contributed by atoms with Gasteiger partial charge in [0.2, 0.25) is 0 Å². The Bertz CT molecular complexity index is 1120. The number of nitro groups is 1. The molecule has 0 bridgehead atoms. The van der Waals surface area contributed by atoms with Gasteiger partial charge in [0.05, 0.1) is 23.4 Å². The number of nitrogens with zero attached hydrogens (tertiary/aromatic N) is 5. The Balaban J connectivity index is 1.74. The molecule has 1 aromatic heterocycles. The van der Waals surface area contributed by atoms with Crippen LogP contribution >= 0.6 is 0 Å². The zero-order chi connectivity index (χ0) is 22.7. The molecule has 32 heavy (non-hydrogen) atoms. The van der Waals surface area contributed by atoms with Crippen LogP contribution in [-0.2, 0) is 0 Å². The highest BCUT2D eigenvalue weighted by atomic mass is 16.6. The third-order valence-corrected chi connectivity index (χ3v) is 5.71. The number of ether oxygens (including phenoxy) is 1. The highest BCUT2D eigenvalue weighted by Crippen LogP contribution is 2.26. The maximum absolute atomic E-state index is 13.4. The summed E-state index contributed by atoms with van der Waals surface area (Å²) in [4.78, 5) is 28.4. The van der Waals surface area contributed by atoms with Crippen LogP contribution in [0.2, 0.25) is 0 Å². The van der Waals surface area contributed by atoms with Crippen LogP contribution in [-0.4, -0.2) is 70.2 Å². The number of hydrogen-bond donors (Lipinski definition) is 0. The number of likely N-dealkylation sites (N-methyl/N-ethyl adjacent to an activating group) is 1. The molecule has 0 aliphatic carbocycles. The van der Waals surface area contributed by atoms with Crippen LogP contribution in [0.3, 0.4) is 0 Å². The molecule has 1 aliphatic rings. The normalized spacial score (nSPS) is 14.4. The van der Waals surface area contributed by atoms with Crippen molar-refractivity contribution in [3.63, 3.8) is 0 Å². The highest BCUT2D eigenvalue weighted by Gasteiger charge is 2.26. The predicted molar refractivity (Wildman–Crippen MR) is 120 cm³/mol. The molecule has 0 saturated carbocycles. The molecule has 1 fully saturated rings. The van der Waals surface area contributed by atoms with Gasteiger partial charge in [-0.05, 0) is 42.9 Å². The van der Waals surface area contributed by atoms with Crippen molar-refractivity contribution in [2.45, 2.75) is 6.92 Å². The van der Waals surface area contributed by atoms with Gasteiger partial charge in [0.15, 0.2) is 0 Å². The van der Waals surface area contributed by atoms with E-state index in [-0.39, 0.29) is 11.6 Å². The molecule has 4 rings (SSSR count). The van der Waals surface area contributed by atoms with E-state index >= 15 is 0 Å². The average molecular weight is 435 g/mol. The number of carbonyl (C=O) groups excluding carboxylic acids is 1. The number of benzene rings is 2. The van der Waals surface area contributed by atoms with E-state index in [1.54, 1.807) is 25.3 Å². The molecular weight excluding hydrogens is 410 g/mol. The Morgan fingerprint density at radius 1 is 1.09 bits per heavy atom. The minimum atomic E-state index is -0.456. The summed E-state index contributed by atoms with van der Waals surface area (Å²) in [6.45, 7) is 5.96. The lowest BCUT2D eigenvalue weighted by Crippen LogP contribution is -2.48. The molecule has 0 spiro atoms. The summed E-state index contributed by atoms with van der Waals surface area (Å²) in [6, 6.07) is 15.3. The van der Waals surface area contributed by atoms with Crippen LogP contribution in [0, 0.1) is 10.1 Å². The van der Waals surface area contributed by atoms with Crippen LogP contribution in [0.15, 0.2) is 54.6 Å². The van der Waals surface area contributed by atoms with E-state index in [4.69, 9.17) is 4.74 Å². The van der Waals surface area contributed by atoms with Gasteiger partial charge in [-0.3, -0.25) is 14.9 Å². The minimum absolute atomic E-state index is 0.0565. The molecule has 0 N–H and O–H groups in total. The third-order valence-electron chi connectivity index (χ3n) is 5.71. The summed E-state index contributed by atoms with van der Waals surface area (Å²) in [7, 11) is 1.60. The Labute approximate surface area is 186 Å². The van der Waals surface area contributed by atoms with Gasteiger partial charge in [0.25, 0.3) is 11.6 Å². The Hall–Kier alpha value is -3.72. The standard InChI is InChI=1S/C23H25N5O4/c1-3-25-11-13-26(14-12-25)23(29)22-16-21(17-7-9-20(32-2)10-8-17)24-27(22)18-5-4-6-19(15-18)28(30)31/h4-10,15-16H,3,11-14H2,1-2H3. The van der Waals surface area contributed by atoms with Crippen molar-refractivity contribution in [3.05, 3.63) is 70.4 Å². The van der Waals surface area contributed by atoms with Crippen molar-refractivity contribution in [1.29, 1.82) is 0 Å². The maximum Gasteiger partial charge on any atom is 0.272 e. The molecule has 0 radical (unpaired) electrons. The fourth-order valence-corrected chi connectivity index (χ4v) is 3.80. The quantitative estimate of drug-likeness (QED) is 0.436. The zero-order valence-corrected chi connectivity index (χ0v) is 18.1. The first-order valence-electron chi connectivity index (χ1n) is 10.5. The first-order valence-corrected chi connectivity index (χ1v) is 10.5. The lowest BCUT2D eigenvalue weighted by molar-refractivity contribution is -0.384. The van der Waals surface area contributed by atoms with Crippen molar-refractivity contribution in [2.24, 2.45) is 0 Å². The molecule has 3 aromatic rings. The van der Waals surface area contributed by atoms with Gasteiger partial charge >= 0.3 is 0 Å². The molecule has 1 amide bonds. The van der Waals surface area contributed by atoms with Crippen LogP contribution in [0.5, 0.6) is 5.75 Å². The molecule has 9 heteroatoms. The monoisotopic (exact) mass is 435 g/mol. The van der Waals surface area contributed by atoms with Crippen LogP contribution in [0.25, 0.3) is 16.9 Å². The van der Waals surface area contributed by atoms with E-state index in [0.717, 1.165) is 30.9 Å². The second-order valence-electron chi connectivity index (χ2n) is 7.56. The fourth-order valence-electron chi connectivity index (χ4n) is 3.80. The number of non-ortho nitro benzene ring substituents is 1. The van der Waals surface area contributed by atoms with E-state index in [0.29, 0.717) is 30.2 Å². The van der Waals surface area contributed by atoms with Gasteiger partial charge < -0.3 is 14.5 Å². The number of methoxy groups -OCH3 is 1. The average Bonchev–Trinajstić information content (AvgIpc) is 3.29. The van der Waals surface area contributed by atoms with Crippen molar-refractivity contribution in [3.8, 4) is 22.7 Å². The lowest BCUT2D eigenvalue weighted by atomic mass is 10.1. The first kappa shape index (κ1) is 21.5. The first-order chi connectivity index (χ1) is 15.5. The fraction of sp³-hybridized carbons (Fsp3) is 0.304. The van der Waals surface area contributed by atoms with Gasteiger partial charge in [-0.25, -0.2) is 4.68 Å². The summed E-state index contributed by atoms with van der Waals surface area (Å²) >= 11 is 0. The van der Waals surface area contributed by atoms with E-state index in [1.807, 2.05) is 29.2 Å². The Morgan fingerprint density at radius 3 is 2.44 bits per heavy atom. The number of piperazine rings is 1. The maximum atomic E-state index is 13.4. The number of nitro benzene ring substituents is 1. The van der Waals surface area contributed by atoms with Gasteiger partial charge in [0.1, 0.15) is 11.4 Å². The van der Waals surface area contributed by atoms with E-state index in [2.05, 4.69) is 16.9 Å². The Kier molecular flexibility index (Phi) is 6.18. The number of aromatic nitrogens is 2. The molecule has 166 valence electrons. The number of carbonyl (C=O) groups is 1. The molecule has 0 atom stereocenters. The third kappa shape index (κ3) is 4.33. The topological polar surface area (TPSA) is 93.7 Å². The van der Waals surface area contributed by atoms with Gasteiger partial charge in [-0.1, -0.05) is 13.0 Å². The van der Waals surface area contributed by atoms with E-state index in [1.165, 1.54) is 16.8 Å². The van der Waals surface area contributed by atoms with Crippen molar-refractivity contribution >= 4 is 11.6 Å². The molecule has 0 unspecified atom stereocenters. The van der Waals surface area contributed by atoms with Gasteiger partial charge in [-0.15, -0.1) is 0 Å². The van der Waals surface area contributed by atoms with Crippen molar-refractivity contribution < 1.29 is 14.5 Å². The smallest absolute Gasteiger partial charge is 0.272 e. The molecule has 1 aliphatic heterocycles. The predicted octanol–water partition coefficient (Wildman–Crippen LogP) is 3.23. The summed E-state index contributed by atoms with van der Waals surface area (Å²) in [6.07, 6.45) is 0. The second kappa shape index (κ2) is 9.19. The van der Waals surface area contributed by atoms with Gasteiger partial charge in [-0.2, -0.15) is 5.10 Å². The lowest BCUT2D eigenvalue weighted by Gasteiger charge is -2.34. The van der Waals surface area contributed by atoms with Crippen molar-refractivity contribution in [2.75, 3.05) is 39.8 Å². The van der Waals surface area contributed by atoms with E-state index in [9.17, 15) is 14.9 Å². The summed E-state index contributed by atoms with van der Waals surface area (Å²) in [5.74, 6) is 0.580. The van der Waals surface area contributed by atoms with Crippen LogP contribution in [0.1, 0.15) is 17.4 Å². The zero-order valence-electron chi connectivity index (χ0n) is 18.1. The number of amides is 1.